The van der Waals surface area contributed by atoms with Gasteiger partial charge in [0.15, 0.2) is 0 Å². The van der Waals surface area contributed by atoms with E-state index in [1.807, 2.05) is 0 Å². The number of hydrogen-bond acceptors (Lipinski definition) is 6. The van der Waals surface area contributed by atoms with Crippen LogP contribution in [0.5, 0.6) is 0 Å². The molecule has 1 unspecified atom stereocenters. The Balaban J connectivity index is 1.49. The summed E-state index contributed by atoms with van der Waals surface area (Å²) < 4.78 is 43.7. The molecule has 1 atom stereocenters. The Morgan fingerprint density at radius 3 is 2.35 bits per heavy atom. The smallest absolute Gasteiger partial charge is 0.350 e. The van der Waals surface area contributed by atoms with Crippen molar-refractivity contribution in [3.8, 4) is 11.4 Å². The fourth-order valence-corrected chi connectivity index (χ4v) is 3.23. The Hall–Kier alpha value is -2.42. The first-order valence-electron chi connectivity index (χ1n) is 8.34. The predicted octanol–water partition coefficient (Wildman–Crippen LogP) is 3.77. The normalized spacial score (nSPS) is 23.9. The maximum Gasteiger partial charge on any atom is 0.458 e. The van der Waals surface area contributed by atoms with Gasteiger partial charge in [-0.25, -0.2) is 0 Å². The molecule has 2 aromatic rings. The summed E-state index contributed by atoms with van der Waals surface area (Å²) in [5, 5.41) is 16.9. The quantitative estimate of drug-likeness (QED) is 0.893. The van der Waals surface area contributed by atoms with Crippen LogP contribution in [0.4, 0.5) is 13.2 Å². The van der Waals surface area contributed by atoms with E-state index in [1.54, 1.807) is 24.3 Å². The minimum absolute atomic E-state index is 0.0242. The van der Waals surface area contributed by atoms with Crippen LogP contribution in [0.1, 0.15) is 49.5 Å². The Kier molecular flexibility index (Phi) is 3.98. The molecule has 26 heavy (non-hydrogen) atoms. The van der Waals surface area contributed by atoms with Gasteiger partial charge in [0.1, 0.15) is 0 Å². The highest BCUT2D eigenvalue weighted by Gasteiger charge is 2.60. The van der Waals surface area contributed by atoms with Gasteiger partial charge in [0.2, 0.25) is 11.7 Å². The summed E-state index contributed by atoms with van der Waals surface area (Å²) in [4.78, 5) is 8.65. The molecule has 0 bridgehead atoms. The third kappa shape index (κ3) is 2.96. The molecule has 1 saturated carbocycles. The summed E-state index contributed by atoms with van der Waals surface area (Å²) in [7, 11) is 0. The predicted molar refractivity (Wildman–Crippen MR) is 84.2 cm³/mol. The molecular weight excluding hydrogens is 351 g/mol. The number of nitrogens with zero attached hydrogens (tertiary/aromatic N) is 3. The van der Waals surface area contributed by atoms with E-state index < -0.39 is 18.4 Å². The number of aromatic nitrogens is 2. The number of aliphatic hydroxyl groups is 1. The van der Waals surface area contributed by atoms with Crippen molar-refractivity contribution >= 4 is 5.71 Å². The summed E-state index contributed by atoms with van der Waals surface area (Å²) in [6.45, 7) is 0. The standard InChI is InChI=1S/C17H16F3N3O3/c18-17(19,20)16(24)9-13(22-26-16)10-5-7-11(8-6-10)14-21-15(25-23-14)12-3-1-2-4-12/h5-8,12,24H,1-4,9H2. The molecule has 0 amide bonds. The van der Waals surface area contributed by atoms with Crippen LogP contribution >= 0.6 is 0 Å². The second-order valence-corrected chi connectivity index (χ2v) is 6.60. The number of rotatable bonds is 3. The van der Waals surface area contributed by atoms with Crippen LogP contribution < -0.4 is 0 Å². The van der Waals surface area contributed by atoms with E-state index in [-0.39, 0.29) is 5.71 Å². The molecule has 0 radical (unpaired) electrons. The molecule has 0 saturated heterocycles. The van der Waals surface area contributed by atoms with Gasteiger partial charge in [0.05, 0.1) is 12.1 Å². The molecule has 1 N–H and O–H groups in total. The molecule has 1 aromatic heterocycles. The largest absolute Gasteiger partial charge is 0.458 e. The third-order valence-electron chi connectivity index (χ3n) is 4.78. The van der Waals surface area contributed by atoms with Crippen molar-refractivity contribution in [2.24, 2.45) is 5.16 Å². The van der Waals surface area contributed by atoms with Crippen molar-refractivity contribution in [2.75, 3.05) is 0 Å². The first-order valence-corrected chi connectivity index (χ1v) is 8.34. The molecular formula is C17H16F3N3O3. The van der Waals surface area contributed by atoms with Crippen LogP contribution in [0.25, 0.3) is 11.4 Å². The summed E-state index contributed by atoms with van der Waals surface area (Å²) in [6, 6.07) is 6.52. The maximum atomic E-state index is 12.8. The first kappa shape index (κ1) is 17.0. The summed E-state index contributed by atoms with van der Waals surface area (Å²) in [6.07, 6.45) is -1.27. The Labute approximate surface area is 146 Å². The van der Waals surface area contributed by atoms with Crippen molar-refractivity contribution in [2.45, 2.75) is 50.0 Å². The SMILES string of the molecule is OC1(C(F)(F)F)CC(c2ccc(-c3noc(C4CCCC4)n3)cc2)=NO1. The highest BCUT2D eigenvalue weighted by Crippen LogP contribution is 2.39. The second kappa shape index (κ2) is 6.08. The van der Waals surface area contributed by atoms with Crippen LogP contribution in [0, 0.1) is 0 Å². The first-order chi connectivity index (χ1) is 12.4. The monoisotopic (exact) mass is 367 g/mol. The molecule has 2 aliphatic rings. The average Bonchev–Trinajstić information content (AvgIpc) is 3.35. The zero-order valence-corrected chi connectivity index (χ0v) is 13.7. The summed E-state index contributed by atoms with van der Waals surface area (Å²) in [5.41, 5.74) is 1.14. The summed E-state index contributed by atoms with van der Waals surface area (Å²) in [5.74, 6) is -1.90. The zero-order chi connectivity index (χ0) is 18.4. The van der Waals surface area contributed by atoms with E-state index in [4.69, 9.17) is 4.52 Å². The molecule has 4 rings (SSSR count). The minimum atomic E-state index is -4.92. The van der Waals surface area contributed by atoms with Gasteiger partial charge in [-0.1, -0.05) is 47.4 Å². The molecule has 2 heterocycles. The van der Waals surface area contributed by atoms with Crippen LogP contribution in [0.15, 0.2) is 33.9 Å². The van der Waals surface area contributed by atoms with Crippen LogP contribution in [-0.4, -0.2) is 32.9 Å². The van der Waals surface area contributed by atoms with Crippen molar-refractivity contribution in [1.82, 2.24) is 10.1 Å². The van der Waals surface area contributed by atoms with Gasteiger partial charge in [-0.05, 0) is 18.4 Å². The lowest BCUT2D eigenvalue weighted by atomic mass is 10.0. The van der Waals surface area contributed by atoms with E-state index in [2.05, 4.69) is 20.1 Å². The van der Waals surface area contributed by atoms with E-state index in [0.29, 0.717) is 28.8 Å². The Morgan fingerprint density at radius 1 is 1.08 bits per heavy atom. The number of oxime groups is 1. The molecule has 9 heteroatoms. The molecule has 1 aliphatic carbocycles. The molecule has 1 aliphatic heterocycles. The van der Waals surface area contributed by atoms with Gasteiger partial charge in [-0.3, -0.25) is 0 Å². The molecule has 138 valence electrons. The number of halogens is 3. The van der Waals surface area contributed by atoms with Gasteiger partial charge in [-0.2, -0.15) is 18.2 Å². The highest BCUT2D eigenvalue weighted by atomic mass is 19.4. The topological polar surface area (TPSA) is 80.7 Å². The number of hydrogen-bond donors (Lipinski definition) is 1. The number of alkyl halides is 3. The van der Waals surface area contributed by atoms with Gasteiger partial charge >= 0.3 is 12.0 Å². The lowest BCUT2D eigenvalue weighted by molar-refractivity contribution is -0.355. The zero-order valence-electron chi connectivity index (χ0n) is 13.7. The van der Waals surface area contributed by atoms with Gasteiger partial charge < -0.3 is 14.5 Å². The van der Waals surface area contributed by atoms with Gasteiger partial charge in [-0.15, -0.1) is 0 Å². The van der Waals surface area contributed by atoms with E-state index in [0.717, 1.165) is 25.7 Å². The van der Waals surface area contributed by atoms with E-state index >= 15 is 0 Å². The maximum absolute atomic E-state index is 12.8. The van der Waals surface area contributed by atoms with E-state index in [9.17, 15) is 18.3 Å². The second-order valence-electron chi connectivity index (χ2n) is 6.60. The average molecular weight is 367 g/mol. The fraction of sp³-hybridized carbons (Fsp3) is 0.471. The molecule has 1 fully saturated rings. The Bertz CT molecular complexity index is 826. The van der Waals surface area contributed by atoms with E-state index in [1.165, 1.54) is 0 Å². The van der Waals surface area contributed by atoms with Crippen LogP contribution in [0.3, 0.4) is 0 Å². The molecule has 6 nitrogen and oxygen atoms in total. The molecule has 0 spiro atoms. The Morgan fingerprint density at radius 2 is 1.73 bits per heavy atom. The number of benzene rings is 1. The highest BCUT2D eigenvalue weighted by molar-refractivity contribution is 6.01. The fourth-order valence-electron chi connectivity index (χ4n) is 3.23. The van der Waals surface area contributed by atoms with Crippen molar-refractivity contribution in [3.63, 3.8) is 0 Å². The minimum Gasteiger partial charge on any atom is -0.350 e. The molecule has 1 aromatic carbocycles. The van der Waals surface area contributed by atoms with Crippen molar-refractivity contribution in [1.29, 1.82) is 0 Å². The lowest BCUT2D eigenvalue weighted by Gasteiger charge is -2.22. The van der Waals surface area contributed by atoms with Gasteiger partial charge in [0.25, 0.3) is 0 Å². The third-order valence-corrected chi connectivity index (χ3v) is 4.78. The van der Waals surface area contributed by atoms with Crippen LogP contribution in [0.2, 0.25) is 0 Å². The summed E-state index contributed by atoms with van der Waals surface area (Å²) >= 11 is 0. The van der Waals surface area contributed by atoms with Crippen molar-refractivity contribution in [3.05, 3.63) is 35.7 Å². The van der Waals surface area contributed by atoms with Crippen molar-refractivity contribution < 1.29 is 27.6 Å². The van der Waals surface area contributed by atoms with Crippen LogP contribution in [-0.2, 0) is 4.84 Å². The van der Waals surface area contributed by atoms with Gasteiger partial charge in [0, 0.05) is 11.5 Å². The lowest BCUT2D eigenvalue weighted by Crippen LogP contribution is -2.45.